The molecule has 0 aliphatic carbocycles. The largest absolute Gasteiger partial charge is 0.462 e. The number of benzene rings is 2. The van der Waals surface area contributed by atoms with Gasteiger partial charge in [0.15, 0.2) is 0 Å². The number of carbonyl (C=O) groups is 4. The molecule has 0 saturated carbocycles. The number of hydrogen-bond acceptors (Lipinski definition) is 7. The first-order valence-corrected chi connectivity index (χ1v) is 11.3. The van der Waals surface area contributed by atoms with Gasteiger partial charge >= 0.3 is 11.9 Å². The Hall–Kier alpha value is -3.65. The molecule has 178 valence electrons. The van der Waals surface area contributed by atoms with Crippen LogP contribution in [0.25, 0.3) is 0 Å². The second-order valence-electron chi connectivity index (χ2n) is 7.51. The summed E-state index contributed by atoms with van der Waals surface area (Å²) in [5.41, 5.74) is 1.12. The van der Waals surface area contributed by atoms with Crippen LogP contribution in [0.1, 0.15) is 53.8 Å². The van der Waals surface area contributed by atoms with E-state index >= 15 is 0 Å². The Balaban J connectivity index is 1.73. The number of carbonyl (C=O) groups excluding carboxylic acids is 4. The maximum absolute atomic E-state index is 13.0. The van der Waals surface area contributed by atoms with E-state index < -0.39 is 23.8 Å². The molecule has 0 radical (unpaired) electrons. The Bertz CT molecular complexity index is 1130. The predicted octanol–water partition coefficient (Wildman–Crippen LogP) is 4.65. The lowest BCUT2D eigenvalue weighted by Crippen LogP contribution is -2.32. The number of unbranched alkanes of at least 4 members (excludes halogenated alkanes) is 1. The van der Waals surface area contributed by atoms with Crippen LogP contribution < -0.4 is 10.2 Å². The fourth-order valence-electron chi connectivity index (χ4n) is 3.12. The molecular formula is C25H25ClN2O6. The van der Waals surface area contributed by atoms with Crippen LogP contribution in [0, 0.1) is 0 Å². The van der Waals surface area contributed by atoms with Crippen molar-refractivity contribution in [3.05, 3.63) is 70.4 Å². The molecule has 0 unspecified atom stereocenters. The number of imide groups is 1. The number of rotatable bonds is 10. The fraction of sp³-hybridized carbons (Fsp3) is 0.280. The van der Waals surface area contributed by atoms with Gasteiger partial charge in [-0.3, -0.25) is 9.59 Å². The molecule has 2 aromatic rings. The quantitative estimate of drug-likeness (QED) is 0.297. The third-order valence-corrected chi connectivity index (χ3v) is 5.28. The molecule has 34 heavy (non-hydrogen) atoms. The van der Waals surface area contributed by atoms with Gasteiger partial charge in [-0.25, -0.2) is 14.5 Å². The number of hydrogen-bond donors (Lipinski definition) is 1. The summed E-state index contributed by atoms with van der Waals surface area (Å²) in [5, 5.41) is 2.56. The van der Waals surface area contributed by atoms with Crippen molar-refractivity contribution in [2.24, 2.45) is 0 Å². The third kappa shape index (κ3) is 5.63. The van der Waals surface area contributed by atoms with Crippen LogP contribution in [0.3, 0.4) is 0 Å². The number of nitrogens with one attached hydrogen (secondary N) is 1. The molecule has 0 fully saturated rings. The first kappa shape index (κ1) is 25.0. The van der Waals surface area contributed by atoms with Crippen LogP contribution in [-0.4, -0.2) is 37.0 Å². The average molecular weight is 485 g/mol. The molecular weight excluding hydrogens is 460 g/mol. The maximum atomic E-state index is 13.0. The smallest absolute Gasteiger partial charge is 0.338 e. The monoisotopic (exact) mass is 484 g/mol. The summed E-state index contributed by atoms with van der Waals surface area (Å²) in [4.78, 5) is 50.8. The number of anilines is 2. The summed E-state index contributed by atoms with van der Waals surface area (Å²) in [5.74, 6) is -2.37. The lowest BCUT2D eigenvalue weighted by Gasteiger charge is -2.16. The van der Waals surface area contributed by atoms with Gasteiger partial charge in [-0.2, -0.15) is 0 Å². The van der Waals surface area contributed by atoms with Gasteiger partial charge in [0.2, 0.25) is 0 Å². The summed E-state index contributed by atoms with van der Waals surface area (Å²) < 4.78 is 10.3. The van der Waals surface area contributed by atoms with E-state index in [1.807, 2.05) is 13.8 Å². The predicted molar refractivity (Wildman–Crippen MR) is 128 cm³/mol. The SMILES string of the molecule is CCCCOC(=O)c1ccc(NC2=C(Cl)C(=O)N(c3cccc(C(=O)OCCC)c3)C2=O)cc1. The van der Waals surface area contributed by atoms with Crippen LogP contribution in [0.4, 0.5) is 11.4 Å². The molecule has 0 aromatic heterocycles. The molecule has 0 atom stereocenters. The van der Waals surface area contributed by atoms with Crippen molar-refractivity contribution >= 4 is 46.7 Å². The molecule has 0 bridgehead atoms. The van der Waals surface area contributed by atoms with Gasteiger partial charge in [-0.05, 0) is 55.3 Å². The lowest BCUT2D eigenvalue weighted by molar-refractivity contribution is -0.120. The number of nitrogens with zero attached hydrogens (tertiary/aromatic N) is 1. The molecule has 9 heteroatoms. The van der Waals surface area contributed by atoms with Crippen LogP contribution in [-0.2, 0) is 19.1 Å². The molecule has 1 aliphatic rings. The van der Waals surface area contributed by atoms with Gasteiger partial charge in [0.25, 0.3) is 11.8 Å². The Morgan fingerprint density at radius 1 is 0.882 bits per heavy atom. The highest BCUT2D eigenvalue weighted by molar-refractivity contribution is 6.53. The van der Waals surface area contributed by atoms with Crippen molar-refractivity contribution in [1.29, 1.82) is 0 Å². The van der Waals surface area contributed by atoms with Gasteiger partial charge in [-0.1, -0.05) is 37.9 Å². The van der Waals surface area contributed by atoms with Crippen LogP contribution in [0.15, 0.2) is 59.3 Å². The summed E-state index contributed by atoms with van der Waals surface area (Å²) in [6.07, 6.45) is 2.38. The zero-order valence-electron chi connectivity index (χ0n) is 18.9. The van der Waals surface area contributed by atoms with E-state index in [1.54, 1.807) is 30.3 Å². The zero-order chi connectivity index (χ0) is 24.7. The highest BCUT2D eigenvalue weighted by Gasteiger charge is 2.39. The summed E-state index contributed by atoms with van der Waals surface area (Å²) in [6.45, 7) is 4.49. The van der Waals surface area contributed by atoms with Crippen molar-refractivity contribution in [2.45, 2.75) is 33.1 Å². The van der Waals surface area contributed by atoms with E-state index in [9.17, 15) is 19.2 Å². The van der Waals surface area contributed by atoms with Gasteiger partial charge in [0.05, 0.1) is 30.0 Å². The van der Waals surface area contributed by atoms with E-state index in [2.05, 4.69) is 5.32 Å². The standard InChI is InChI=1S/C25H25ClN2O6/c1-3-5-14-34-24(31)16-9-11-18(12-10-16)27-21-20(26)22(29)28(23(21)30)19-8-6-7-17(15-19)25(32)33-13-4-2/h6-12,15,27H,3-5,13-14H2,1-2H3. The molecule has 3 rings (SSSR count). The Morgan fingerprint density at radius 2 is 1.56 bits per heavy atom. The maximum Gasteiger partial charge on any atom is 0.338 e. The lowest BCUT2D eigenvalue weighted by atomic mass is 10.2. The Labute approximate surface area is 202 Å². The van der Waals surface area contributed by atoms with E-state index in [4.69, 9.17) is 21.1 Å². The molecule has 0 spiro atoms. The van der Waals surface area contributed by atoms with Crippen LogP contribution in [0.5, 0.6) is 0 Å². The molecule has 1 heterocycles. The second kappa shape index (κ2) is 11.5. The minimum atomic E-state index is -0.718. The molecule has 0 saturated heterocycles. The highest BCUT2D eigenvalue weighted by Crippen LogP contribution is 2.30. The zero-order valence-corrected chi connectivity index (χ0v) is 19.7. The van der Waals surface area contributed by atoms with Crippen LogP contribution in [0.2, 0.25) is 0 Å². The average Bonchev–Trinajstić information content (AvgIpc) is 3.06. The van der Waals surface area contributed by atoms with Crippen LogP contribution >= 0.6 is 11.6 Å². The summed E-state index contributed by atoms with van der Waals surface area (Å²) >= 11 is 6.18. The molecule has 8 nitrogen and oxygen atoms in total. The van der Waals surface area contributed by atoms with Gasteiger partial charge in [0, 0.05) is 5.69 Å². The van der Waals surface area contributed by atoms with Gasteiger partial charge in [0.1, 0.15) is 10.7 Å². The first-order valence-electron chi connectivity index (χ1n) is 11.0. The van der Waals surface area contributed by atoms with Gasteiger partial charge in [-0.15, -0.1) is 0 Å². The van der Waals surface area contributed by atoms with Crippen molar-refractivity contribution in [2.75, 3.05) is 23.4 Å². The Kier molecular flexibility index (Phi) is 8.43. The Morgan fingerprint density at radius 3 is 2.24 bits per heavy atom. The number of ether oxygens (including phenoxy) is 2. The highest BCUT2D eigenvalue weighted by atomic mass is 35.5. The van der Waals surface area contributed by atoms with Gasteiger partial charge < -0.3 is 14.8 Å². The normalized spacial score (nSPS) is 13.3. The van der Waals surface area contributed by atoms with Crippen molar-refractivity contribution < 1.29 is 28.7 Å². The molecule has 1 N–H and O–H groups in total. The van der Waals surface area contributed by atoms with Crippen molar-refractivity contribution in [3.8, 4) is 0 Å². The van der Waals surface area contributed by atoms with E-state index in [1.165, 1.54) is 18.2 Å². The summed E-state index contributed by atoms with van der Waals surface area (Å²) in [6, 6.07) is 12.3. The van der Waals surface area contributed by atoms with E-state index in [0.29, 0.717) is 24.3 Å². The number of amides is 2. The topological polar surface area (TPSA) is 102 Å². The molecule has 1 aliphatic heterocycles. The third-order valence-electron chi connectivity index (χ3n) is 4.93. The summed E-state index contributed by atoms with van der Waals surface area (Å²) in [7, 11) is 0. The van der Waals surface area contributed by atoms with E-state index in [0.717, 1.165) is 17.7 Å². The number of halogens is 1. The van der Waals surface area contributed by atoms with Crippen molar-refractivity contribution in [1.82, 2.24) is 0 Å². The fourth-order valence-corrected chi connectivity index (χ4v) is 3.34. The molecule has 2 amide bonds. The first-order chi connectivity index (χ1) is 16.4. The molecule has 2 aromatic carbocycles. The minimum absolute atomic E-state index is 0.107. The van der Waals surface area contributed by atoms with E-state index in [-0.39, 0.29) is 28.6 Å². The minimum Gasteiger partial charge on any atom is -0.462 e. The second-order valence-corrected chi connectivity index (χ2v) is 7.89. The van der Waals surface area contributed by atoms with Crippen molar-refractivity contribution in [3.63, 3.8) is 0 Å². The number of esters is 2.